The minimum atomic E-state index is -0.655. The number of hydrogen-bond acceptors (Lipinski definition) is 3. The highest BCUT2D eigenvalue weighted by molar-refractivity contribution is 5.36. The summed E-state index contributed by atoms with van der Waals surface area (Å²) in [6, 6.07) is 0. The normalized spacial score (nSPS) is 33.0. The van der Waals surface area contributed by atoms with Crippen molar-refractivity contribution in [2.45, 2.75) is 124 Å². The fourth-order valence-corrected chi connectivity index (χ4v) is 7.63. The van der Waals surface area contributed by atoms with Crippen molar-refractivity contribution in [3.8, 4) is 0 Å². The molecule has 0 aromatic carbocycles. The quantitative estimate of drug-likeness (QED) is 0.274. The first-order valence-electron chi connectivity index (χ1n) is 15.2. The molecule has 3 heteroatoms. The third-order valence-corrected chi connectivity index (χ3v) is 9.74. The SMILES string of the molecule is C=C1CC[C@H](OC(O)CCCN(C)C)C/C1=C\C=C1/CCC[C@@]2(C)C1CC[C@@H]2[C@H](C)CCCC(C)C. The zero-order chi connectivity index (χ0) is 26.3. The zero-order valence-corrected chi connectivity index (χ0v) is 24.5. The number of hydrogen-bond donors (Lipinski definition) is 1. The summed E-state index contributed by atoms with van der Waals surface area (Å²) in [4.78, 5) is 2.15. The second-order valence-corrected chi connectivity index (χ2v) is 13.3. The lowest BCUT2D eigenvalue weighted by atomic mass is 9.60. The molecular weight excluding hydrogens is 442 g/mol. The van der Waals surface area contributed by atoms with E-state index in [4.69, 9.17) is 4.74 Å². The van der Waals surface area contributed by atoms with Gasteiger partial charge in [0.15, 0.2) is 6.29 Å². The van der Waals surface area contributed by atoms with Crippen molar-refractivity contribution in [1.29, 1.82) is 0 Å². The molecule has 0 bridgehead atoms. The van der Waals surface area contributed by atoms with Gasteiger partial charge >= 0.3 is 0 Å². The second kappa shape index (κ2) is 13.8. The van der Waals surface area contributed by atoms with Gasteiger partial charge in [-0.25, -0.2) is 0 Å². The molecule has 2 unspecified atom stereocenters. The summed E-state index contributed by atoms with van der Waals surface area (Å²) in [5.74, 6) is 3.30. The van der Waals surface area contributed by atoms with E-state index in [9.17, 15) is 5.11 Å². The highest BCUT2D eigenvalue weighted by Gasteiger charge is 2.50. The third-order valence-electron chi connectivity index (χ3n) is 9.74. The van der Waals surface area contributed by atoms with Gasteiger partial charge in [-0.15, -0.1) is 0 Å². The molecule has 206 valence electrons. The van der Waals surface area contributed by atoms with Gasteiger partial charge in [-0.3, -0.25) is 0 Å². The summed E-state index contributed by atoms with van der Waals surface area (Å²) in [6.07, 6.45) is 19.7. The number of ether oxygens (including phenoxy) is 1. The number of rotatable bonds is 12. The molecule has 3 saturated carbocycles. The fraction of sp³-hybridized carbons (Fsp3) is 0.818. The minimum Gasteiger partial charge on any atom is -0.368 e. The molecule has 3 rings (SSSR count). The predicted molar refractivity (Wildman–Crippen MR) is 154 cm³/mol. The predicted octanol–water partition coefficient (Wildman–Crippen LogP) is 8.30. The van der Waals surface area contributed by atoms with E-state index in [1.807, 2.05) is 0 Å². The average Bonchev–Trinajstić information content (AvgIpc) is 3.16. The van der Waals surface area contributed by atoms with Crippen molar-refractivity contribution in [1.82, 2.24) is 4.90 Å². The largest absolute Gasteiger partial charge is 0.368 e. The van der Waals surface area contributed by atoms with Gasteiger partial charge in [-0.2, -0.15) is 0 Å². The van der Waals surface area contributed by atoms with Crippen LogP contribution in [0.2, 0.25) is 0 Å². The first kappa shape index (κ1) is 29.7. The van der Waals surface area contributed by atoms with Crippen LogP contribution in [0, 0.1) is 29.1 Å². The summed E-state index contributed by atoms with van der Waals surface area (Å²) in [7, 11) is 4.14. The van der Waals surface area contributed by atoms with Crippen LogP contribution in [0.1, 0.15) is 111 Å². The number of aliphatic hydroxyl groups excluding tert-OH is 1. The van der Waals surface area contributed by atoms with Gasteiger partial charge in [0, 0.05) is 0 Å². The van der Waals surface area contributed by atoms with Crippen LogP contribution in [0.25, 0.3) is 0 Å². The summed E-state index contributed by atoms with van der Waals surface area (Å²) >= 11 is 0. The van der Waals surface area contributed by atoms with E-state index >= 15 is 0 Å². The molecule has 0 aromatic heterocycles. The first-order valence-corrected chi connectivity index (χ1v) is 15.2. The summed E-state index contributed by atoms with van der Waals surface area (Å²) in [5.41, 5.74) is 4.76. The number of aliphatic hydroxyl groups is 1. The van der Waals surface area contributed by atoms with Gasteiger partial charge in [0.2, 0.25) is 0 Å². The molecule has 0 spiro atoms. The Morgan fingerprint density at radius 2 is 1.83 bits per heavy atom. The van der Waals surface area contributed by atoms with Crippen molar-refractivity contribution in [2.24, 2.45) is 29.1 Å². The summed E-state index contributed by atoms with van der Waals surface area (Å²) in [6.45, 7) is 15.2. The molecule has 3 aliphatic rings. The van der Waals surface area contributed by atoms with Crippen LogP contribution in [-0.4, -0.2) is 43.0 Å². The smallest absolute Gasteiger partial charge is 0.154 e. The second-order valence-electron chi connectivity index (χ2n) is 13.3. The molecule has 3 nitrogen and oxygen atoms in total. The lowest BCUT2D eigenvalue weighted by Gasteiger charge is -2.44. The molecule has 0 aliphatic heterocycles. The molecular formula is C33H57NO2. The van der Waals surface area contributed by atoms with Crippen molar-refractivity contribution < 1.29 is 9.84 Å². The Morgan fingerprint density at radius 3 is 2.56 bits per heavy atom. The van der Waals surface area contributed by atoms with Crippen LogP contribution in [0.4, 0.5) is 0 Å². The molecule has 0 aromatic rings. The van der Waals surface area contributed by atoms with Gasteiger partial charge in [0.05, 0.1) is 6.10 Å². The molecule has 0 saturated heterocycles. The topological polar surface area (TPSA) is 32.7 Å². The molecule has 0 heterocycles. The average molecular weight is 500 g/mol. The van der Waals surface area contributed by atoms with Crippen LogP contribution in [0.5, 0.6) is 0 Å². The maximum Gasteiger partial charge on any atom is 0.154 e. The van der Waals surface area contributed by atoms with E-state index < -0.39 is 6.29 Å². The maximum atomic E-state index is 10.4. The van der Waals surface area contributed by atoms with Crippen molar-refractivity contribution in [3.63, 3.8) is 0 Å². The molecule has 36 heavy (non-hydrogen) atoms. The van der Waals surface area contributed by atoms with E-state index in [0.717, 1.165) is 55.9 Å². The number of nitrogens with zero attached hydrogens (tertiary/aromatic N) is 1. The van der Waals surface area contributed by atoms with Crippen LogP contribution in [-0.2, 0) is 4.74 Å². The van der Waals surface area contributed by atoms with E-state index in [1.54, 1.807) is 5.57 Å². The van der Waals surface area contributed by atoms with E-state index in [2.05, 4.69) is 65.4 Å². The molecule has 3 fully saturated rings. The van der Waals surface area contributed by atoms with Gasteiger partial charge < -0.3 is 14.7 Å². The van der Waals surface area contributed by atoms with E-state index in [1.165, 1.54) is 62.5 Å². The Hall–Kier alpha value is -0.900. The highest BCUT2D eigenvalue weighted by Crippen LogP contribution is 2.60. The molecule has 0 amide bonds. The number of fused-ring (bicyclic) bond motifs is 1. The van der Waals surface area contributed by atoms with Crippen molar-refractivity contribution in [3.05, 3.63) is 35.5 Å². The Kier molecular flexibility index (Phi) is 11.3. The molecule has 1 N–H and O–H groups in total. The Morgan fingerprint density at radius 1 is 1.06 bits per heavy atom. The molecule has 6 atom stereocenters. The van der Waals surface area contributed by atoms with Gasteiger partial charge in [-0.1, -0.05) is 76.8 Å². The standard InChI is InChI=1S/C33H57NO2/c1-24(2)11-8-12-26(4)30-19-20-31-27(13-9-21-33(30,31)5)16-17-28-23-29(18-15-25(28)3)36-32(35)14-10-22-34(6)7/h16-17,24,26,29-32,35H,3,8-15,18-23H2,1-2,4-7H3/b27-16+,28-17+/t26-,29+,30-,31?,32?,33-/m1/s1. The Balaban J connectivity index is 1.60. The maximum absolute atomic E-state index is 10.4. The van der Waals surface area contributed by atoms with Crippen LogP contribution in [0.3, 0.4) is 0 Å². The van der Waals surface area contributed by atoms with Gasteiger partial charge in [0.25, 0.3) is 0 Å². The van der Waals surface area contributed by atoms with E-state index in [-0.39, 0.29) is 6.10 Å². The first-order chi connectivity index (χ1) is 17.1. The monoisotopic (exact) mass is 499 g/mol. The van der Waals surface area contributed by atoms with Crippen molar-refractivity contribution >= 4 is 0 Å². The summed E-state index contributed by atoms with van der Waals surface area (Å²) in [5, 5.41) is 10.4. The van der Waals surface area contributed by atoms with E-state index in [0.29, 0.717) is 11.8 Å². The van der Waals surface area contributed by atoms with Gasteiger partial charge in [0.1, 0.15) is 0 Å². The molecule has 3 aliphatic carbocycles. The Bertz CT molecular complexity index is 766. The molecule has 0 radical (unpaired) electrons. The van der Waals surface area contributed by atoms with Crippen LogP contribution in [0.15, 0.2) is 35.5 Å². The van der Waals surface area contributed by atoms with Crippen LogP contribution >= 0.6 is 0 Å². The summed E-state index contributed by atoms with van der Waals surface area (Å²) < 4.78 is 6.05. The highest BCUT2D eigenvalue weighted by atomic mass is 16.6. The Labute approximate surface area is 223 Å². The minimum absolute atomic E-state index is 0.105. The van der Waals surface area contributed by atoms with Crippen molar-refractivity contribution in [2.75, 3.05) is 20.6 Å². The van der Waals surface area contributed by atoms with Crippen LogP contribution < -0.4 is 0 Å². The van der Waals surface area contributed by atoms with Gasteiger partial charge in [-0.05, 0) is 120 Å². The third kappa shape index (κ3) is 8.05. The number of allylic oxidation sites excluding steroid dienone is 4. The lowest BCUT2D eigenvalue weighted by molar-refractivity contribution is -0.142. The zero-order valence-electron chi connectivity index (χ0n) is 24.5. The fourth-order valence-electron chi connectivity index (χ4n) is 7.63. The lowest BCUT2D eigenvalue weighted by Crippen LogP contribution is -2.36.